The van der Waals surface area contributed by atoms with Crippen LogP contribution in [0.5, 0.6) is 0 Å². The molecule has 0 fully saturated rings. The Morgan fingerprint density at radius 2 is 2.05 bits per heavy atom. The number of nitrogens with one attached hydrogen (secondary N) is 1. The molecule has 22 heavy (non-hydrogen) atoms. The maximum absolute atomic E-state index is 4.47. The Hall–Kier alpha value is -2.54. The van der Waals surface area contributed by atoms with E-state index in [2.05, 4.69) is 32.7 Å². The predicted octanol–water partition coefficient (Wildman–Crippen LogP) is 3.10. The highest BCUT2D eigenvalue weighted by atomic mass is 32.1. The molecule has 0 spiro atoms. The minimum Gasteiger partial charge on any atom is -0.260 e. The molecule has 112 valence electrons. The Morgan fingerprint density at radius 1 is 1.18 bits per heavy atom. The fourth-order valence-corrected chi connectivity index (χ4v) is 2.55. The number of nitrogens with zero attached hydrogens (tertiary/aromatic N) is 5. The second-order valence-electron chi connectivity index (χ2n) is 4.87. The molecule has 0 aromatic carbocycles. The largest absolute Gasteiger partial charge is 0.260 e. The summed E-state index contributed by atoms with van der Waals surface area (Å²) < 4.78 is 1.80. The van der Waals surface area contributed by atoms with Gasteiger partial charge in [-0.3, -0.25) is 5.43 Å². The molecule has 0 aliphatic rings. The number of aromatic nitrogens is 4. The Kier molecular flexibility index (Phi) is 3.97. The lowest BCUT2D eigenvalue weighted by Gasteiger charge is -2.03. The maximum atomic E-state index is 4.47. The van der Waals surface area contributed by atoms with Crippen molar-refractivity contribution in [1.82, 2.24) is 20.0 Å². The highest BCUT2D eigenvalue weighted by Crippen LogP contribution is 2.15. The van der Waals surface area contributed by atoms with Gasteiger partial charge in [0.05, 0.1) is 11.9 Å². The molecule has 3 heterocycles. The third kappa shape index (κ3) is 2.89. The van der Waals surface area contributed by atoms with Gasteiger partial charge >= 0.3 is 0 Å². The van der Waals surface area contributed by atoms with E-state index in [-0.39, 0.29) is 0 Å². The molecule has 0 amide bonds. The summed E-state index contributed by atoms with van der Waals surface area (Å²) in [5.74, 6) is 1.29. The molecule has 3 aromatic heterocycles. The van der Waals surface area contributed by atoms with Gasteiger partial charge < -0.3 is 0 Å². The molecule has 0 bridgehead atoms. The van der Waals surface area contributed by atoms with E-state index in [0.29, 0.717) is 11.6 Å². The minimum atomic E-state index is 0.592. The van der Waals surface area contributed by atoms with E-state index < -0.39 is 0 Å². The molecule has 0 aliphatic heterocycles. The third-order valence-corrected chi connectivity index (χ3v) is 4.24. The quantitative estimate of drug-likeness (QED) is 0.594. The van der Waals surface area contributed by atoms with Gasteiger partial charge in [0.1, 0.15) is 0 Å². The fourth-order valence-electron chi connectivity index (χ4n) is 1.97. The van der Waals surface area contributed by atoms with Gasteiger partial charge in [-0.1, -0.05) is 6.07 Å². The van der Waals surface area contributed by atoms with E-state index in [4.69, 9.17) is 0 Å². The lowest BCUT2D eigenvalue weighted by Crippen LogP contribution is -2.04. The van der Waals surface area contributed by atoms with Crippen molar-refractivity contribution in [1.29, 1.82) is 0 Å². The SMILES string of the molecule is Cc1nn(-c2ccc(NN=Cc3cccs3)nn2)c(C)c1C. The number of thiophene rings is 1. The molecular formula is C15H16N6S. The summed E-state index contributed by atoms with van der Waals surface area (Å²) >= 11 is 1.63. The van der Waals surface area contributed by atoms with Gasteiger partial charge in [0, 0.05) is 10.6 Å². The van der Waals surface area contributed by atoms with Gasteiger partial charge in [-0.2, -0.15) is 10.2 Å². The van der Waals surface area contributed by atoms with Gasteiger partial charge in [-0.15, -0.1) is 21.5 Å². The van der Waals surface area contributed by atoms with Crippen LogP contribution in [0.3, 0.4) is 0 Å². The Balaban J connectivity index is 1.74. The maximum Gasteiger partial charge on any atom is 0.176 e. The summed E-state index contributed by atoms with van der Waals surface area (Å²) in [6, 6.07) is 7.68. The number of rotatable bonds is 4. The van der Waals surface area contributed by atoms with Crippen molar-refractivity contribution in [2.24, 2.45) is 5.10 Å². The first kappa shape index (κ1) is 14.4. The van der Waals surface area contributed by atoms with E-state index in [0.717, 1.165) is 16.3 Å². The van der Waals surface area contributed by atoms with Crippen molar-refractivity contribution in [3.8, 4) is 5.82 Å². The molecule has 6 nitrogen and oxygen atoms in total. The predicted molar refractivity (Wildman–Crippen MR) is 88.9 cm³/mol. The van der Waals surface area contributed by atoms with Crippen LogP contribution in [0.25, 0.3) is 5.82 Å². The summed E-state index contributed by atoms with van der Waals surface area (Å²) in [6.07, 6.45) is 1.75. The van der Waals surface area contributed by atoms with E-state index in [9.17, 15) is 0 Å². The normalized spacial score (nSPS) is 11.2. The lowest BCUT2D eigenvalue weighted by atomic mass is 10.2. The van der Waals surface area contributed by atoms with E-state index in [1.165, 1.54) is 5.56 Å². The average molecular weight is 312 g/mol. The van der Waals surface area contributed by atoms with E-state index in [1.807, 2.05) is 43.5 Å². The summed E-state index contributed by atoms with van der Waals surface area (Å²) in [5, 5.41) is 18.9. The zero-order valence-corrected chi connectivity index (χ0v) is 13.4. The Morgan fingerprint density at radius 3 is 2.64 bits per heavy atom. The Labute approximate surface area is 132 Å². The monoisotopic (exact) mass is 312 g/mol. The molecule has 3 rings (SSSR count). The topological polar surface area (TPSA) is 68.0 Å². The van der Waals surface area contributed by atoms with Gasteiger partial charge in [-0.25, -0.2) is 4.68 Å². The fraction of sp³-hybridized carbons (Fsp3) is 0.200. The summed E-state index contributed by atoms with van der Waals surface area (Å²) in [5.41, 5.74) is 6.11. The molecule has 3 aromatic rings. The highest BCUT2D eigenvalue weighted by Gasteiger charge is 2.10. The molecule has 0 saturated carbocycles. The Bertz CT molecular complexity index is 786. The van der Waals surface area contributed by atoms with Crippen LogP contribution >= 0.6 is 11.3 Å². The first-order valence-corrected chi connectivity index (χ1v) is 7.72. The van der Waals surface area contributed by atoms with E-state index >= 15 is 0 Å². The van der Waals surface area contributed by atoms with Crippen LogP contribution in [0, 0.1) is 20.8 Å². The molecule has 7 heteroatoms. The van der Waals surface area contributed by atoms with Crippen LogP contribution in [-0.2, 0) is 0 Å². The minimum absolute atomic E-state index is 0.592. The van der Waals surface area contributed by atoms with Gasteiger partial charge in [0.2, 0.25) is 0 Å². The molecule has 0 aliphatic carbocycles. The van der Waals surface area contributed by atoms with Crippen LogP contribution < -0.4 is 5.43 Å². The second kappa shape index (κ2) is 6.07. The standard InChI is InChI=1S/C15H16N6S/c1-10-11(2)20-21(12(10)3)15-7-6-14(18-19-15)17-16-9-13-5-4-8-22-13/h4-9H,1-3H3,(H,17,18). The molecule has 0 unspecified atom stereocenters. The van der Waals surface area contributed by atoms with Crippen LogP contribution in [-0.4, -0.2) is 26.2 Å². The van der Waals surface area contributed by atoms with Crippen LogP contribution in [0.15, 0.2) is 34.7 Å². The zero-order valence-electron chi connectivity index (χ0n) is 12.6. The van der Waals surface area contributed by atoms with Crippen LogP contribution in [0.4, 0.5) is 5.82 Å². The first-order chi connectivity index (χ1) is 10.6. The smallest absolute Gasteiger partial charge is 0.176 e. The molecule has 0 radical (unpaired) electrons. The van der Waals surface area contributed by atoms with Gasteiger partial charge in [-0.05, 0) is 49.9 Å². The molecular weight excluding hydrogens is 296 g/mol. The van der Waals surface area contributed by atoms with Gasteiger partial charge in [0.15, 0.2) is 11.6 Å². The van der Waals surface area contributed by atoms with Crippen molar-refractivity contribution in [3.05, 3.63) is 51.5 Å². The van der Waals surface area contributed by atoms with Crippen molar-refractivity contribution in [2.45, 2.75) is 20.8 Å². The number of hydrogen-bond acceptors (Lipinski definition) is 6. The van der Waals surface area contributed by atoms with Crippen molar-refractivity contribution in [3.63, 3.8) is 0 Å². The third-order valence-electron chi connectivity index (χ3n) is 3.43. The number of hydrogen-bond donors (Lipinski definition) is 1. The first-order valence-electron chi connectivity index (χ1n) is 6.84. The van der Waals surface area contributed by atoms with Gasteiger partial charge in [0.25, 0.3) is 0 Å². The molecule has 0 atom stereocenters. The van der Waals surface area contributed by atoms with Crippen LogP contribution in [0.2, 0.25) is 0 Å². The number of aryl methyl sites for hydroxylation is 1. The van der Waals surface area contributed by atoms with Crippen molar-refractivity contribution in [2.75, 3.05) is 5.43 Å². The highest BCUT2D eigenvalue weighted by molar-refractivity contribution is 7.11. The van der Waals surface area contributed by atoms with Crippen LogP contribution in [0.1, 0.15) is 21.8 Å². The summed E-state index contributed by atoms with van der Waals surface area (Å²) in [7, 11) is 0. The number of hydrazone groups is 1. The van der Waals surface area contributed by atoms with Crippen molar-refractivity contribution < 1.29 is 0 Å². The van der Waals surface area contributed by atoms with E-state index in [1.54, 1.807) is 22.2 Å². The number of anilines is 1. The lowest BCUT2D eigenvalue weighted by molar-refractivity contribution is 0.782. The summed E-state index contributed by atoms with van der Waals surface area (Å²) in [4.78, 5) is 1.08. The zero-order chi connectivity index (χ0) is 15.5. The molecule has 0 saturated heterocycles. The second-order valence-corrected chi connectivity index (χ2v) is 5.85. The summed E-state index contributed by atoms with van der Waals surface area (Å²) in [6.45, 7) is 6.06. The van der Waals surface area contributed by atoms with Crippen molar-refractivity contribution >= 4 is 23.4 Å². The molecule has 1 N–H and O–H groups in total. The average Bonchev–Trinajstić information content (AvgIpc) is 3.13.